The van der Waals surface area contributed by atoms with E-state index in [9.17, 15) is 4.79 Å². The molecule has 4 rings (SSSR count). The Balaban J connectivity index is 1.66. The lowest BCUT2D eigenvalue weighted by Crippen LogP contribution is -2.38. The third kappa shape index (κ3) is 4.52. The fourth-order valence-corrected chi connectivity index (χ4v) is 4.07. The summed E-state index contributed by atoms with van der Waals surface area (Å²) in [5.41, 5.74) is 7.47. The van der Waals surface area contributed by atoms with Crippen molar-refractivity contribution in [3.05, 3.63) is 58.7 Å². The Hall–Kier alpha value is -3.03. The predicted molar refractivity (Wildman–Crippen MR) is 123 cm³/mol. The molecule has 162 valence electrons. The molecular formula is C23H26ClN5O2. The van der Waals surface area contributed by atoms with E-state index < -0.39 is 5.91 Å². The van der Waals surface area contributed by atoms with Gasteiger partial charge in [-0.05, 0) is 50.2 Å². The van der Waals surface area contributed by atoms with Gasteiger partial charge in [-0.15, -0.1) is 0 Å². The first-order valence-corrected chi connectivity index (χ1v) is 10.7. The molecule has 2 aromatic carbocycles. The van der Waals surface area contributed by atoms with E-state index in [1.807, 2.05) is 18.2 Å². The molecule has 0 bridgehead atoms. The smallest absolute Gasteiger partial charge is 0.276 e. The van der Waals surface area contributed by atoms with Crippen LogP contribution in [0.15, 0.2) is 42.5 Å². The van der Waals surface area contributed by atoms with Crippen LogP contribution in [0.25, 0.3) is 10.9 Å². The number of guanidine groups is 1. The highest BCUT2D eigenvalue weighted by atomic mass is 35.5. The Bertz CT molecular complexity index is 1120. The maximum atomic E-state index is 12.6. The standard InChI is InChI=1S/C23H26ClN5O2/c1-28(23(25)26)22(30)18-13-16-17(24)9-10-20(21(16)27-18)31-19-8-4-3-7-15(19)14-29-11-5-2-6-12-29/h3-4,7-10,13,27H,2,5-6,11-12,14H2,1H3,(H3,25,26). The molecule has 0 spiro atoms. The predicted octanol–water partition coefficient (Wildman–Crippen LogP) is 4.56. The van der Waals surface area contributed by atoms with Gasteiger partial charge in [0.2, 0.25) is 0 Å². The number of fused-ring (bicyclic) bond motifs is 1. The van der Waals surface area contributed by atoms with Gasteiger partial charge >= 0.3 is 0 Å². The molecule has 3 aromatic rings. The summed E-state index contributed by atoms with van der Waals surface area (Å²) in [5.74, 6) is 0.601. The lowest BCUT2D eigenvalue weighted by atomic mass is 10.1. The van der Waals surface area contributed by atoms with Gasteiger partial charge in [0.1, 0.15) is 11.4 Å². The van der Waals surface area contributed by atoms with Crippen molar-refractivity contribution in [1.29, 1.82) is 5.41 Å². The zero-order chi connectivity index (χ0) is 22.0. The molecule has 2 heterocycles. The Morgan fingerprint density at radius 3 is 2.68 bits per heavy atom. The number of rotatable bonds is 5. The lowest BCUT2D eigenvalue weighted by molar-refractivity contribution is 0.0864. The largest absolute Gasteiger partial charge is 0.455 e. The second kappa shape index (κ2) is 8.99. The minimum absolute atomic E-state index is 0.284. The van der Waals surface area contributed by atoms with E-state index >= 15 is 0 Å². The number of carbonyl (C=O) groups excluding carboxylic acids is 1. The van der Waals surface area contributed by atoms with Gasteiger partial charge in [-0.1, -0.05) is 36.2 Å². The number of hydrogen-bond acceptors (Lipinski definition) is 4. The first kappa shape index (κ1) is 21.2. The van der Waals surface area contributed by atoms with Crippen molar-refractivity contribution < 1.29 is 9.53 Å². The molecular weight excluding hydrogens is 414 g/mol. The number of aromatic nitrogens is 1. The van der Waals surface area contributed by atoms with E-state index in [1.165, 1.54) is 26.3 Å². The van der Waals surface area contributed by atoms with Crippen LogP contribution in [-0.2, 0) is 6.54 Å². The SMILES string of the molecule is CN(C(=N)N)C(=O)c1cc2c(Cl)ccc(Oc3ccccc3CN3CCCCC3)c2[nH]1. The summed E-state index contributed by atoms with van der Waals surface area (Å²) in [6.07, 6.45) is 3.76. The normalized spacial score (nSPS) is 14.5. The van der Waals surface area contributed by atoms with Crippen LogP contribution < -0.4 is 10.5 Å². The second-order valence-electron chi connectivity index (χ2n) is 7.81. The number of amides is 1. The van der Waals surface area contributed by atoms with Gasteiger partial charge in [-0.2, -0.15) is 0 Å². The molecule has 0 radical (unpaired) electrons. The number of halogens is 1. The first-order valence-electron chi connectivity index (χ1n) is 10.4. The number of para-hydroxylation sites is 1. The van der Waals surface area contributed by atoms with E-state index in [0.29, 0.717) is 21.7 Å². The molecule has 0 aliphatic carbocycles. The quantitative estimate of drug-likeness (QED) is 0.400. The molecule has 8 heteroatoms. The lowest BCUT2D eigenvalue weighted by Gasteiger charge is -2.27. The highest BCUT2D eigenvalue weighted by Gasteiger charge is 2.20. The Morgan fingerprint density at radius 1 is 1.19 bits per heavy atom. The molecule has 1 aromatic heterocycles. The molecule has 1 fully saturated rings. The summed E-state index contributed by atoms with van der Waals surface area (Å²) in [5, 5.41) is 8.67. The molecule has 7 nitrogen and oxygen atoms in total. The van der Waals surface area contributed by atoms with Crippen molar-refractivity contribution in [3.63, 3.8) is 0 Å². The fourth-order valence-electron chi connectivity index (χ4n) is 3.86. The summed E-state index contributed by atoms with van der Waals surface area (Å²) < 4.78 is 6.31. The topological polar surface area (TPSA) is 98.4 Å². The number of nitrogens with two attached hydrogens (primary N) is 1. The monoisotopic (exact) mass is 439 g/mol. The van der Waals surface area contributed by atoms with Crippen LogP contribution in [0.1, 0.15) is 35.3 Å². The van der Waals surface area contributed by atoms with Crippen LogP contribution in [-0.4, -0.2) is 46.8 Å². The summed E-state index contributed by atoms with van der Waals surface area (Å²) in [6.45, 7) is 3.04. The van der Waals surface area contributed by atoms with Crippen LogP contribution in [0.4, 0.5) is 0 Å². The van der Waals surface area contributed by atoms with Crippen molar-refractivity contribution in [2.24, 2.45) is 5.73 Å². The first-order chi connectivity index (χ1) is 14.9. The van der Waals surface area contributed by atoms with Crippen LogP contribution in [0.5, 0.6) is 11.5 Å². The maximum Gasteiger partial charge on any atom is 0.276 e. The average Bonchev–Trinajstić information content (AvgIpc) is 3.23. The summed E-state index contributed by atoms with van der Waals surface area (Å²) in [6, 6.07) is 13.2. The molecule has 0 atom stereocenters. The summed E-state index contributed by atoms with van der Waals surface area (Å²) >= 11 is 6.38. The second-order valence-corrected chi connectivity index (χ2v) is 8.22. The number of ether oxygens (including phenoxy) is 1. The third-order valence-electron chi connectivity index (χ3n) is 5.63. The number of carbonyl (C=O) groups is 1. The third-order valence-corrected chi connectivity index (χ3v) is 5.96. The molecule has 1 amide bonds. The zero-order valence-electron chi connectivity index (χ0n) is 17.5. The number of aromatic amines is 1. The molecule has 4 N–H and O–H groups in total. The van der Waals surface area contributed by atoms with E-state index in [0.717, 1.165) is 35.8 Å². The molecule has 1 aliphatic rings. The van der Waals surface area contributed by atoms with Crippen LogP contribution in [0, 0.1) is 5.41 Å². The number of hydrogen-bond donors (Lipinski definition) is 3. The molecule has 0 unspecified atom stereocenters. The summed E-state index contributed by atoms with van der Waals surface area (Å²) in [7, 11) is 1.45. The molecule has 1 saturated heterocycles. The van der Waals surface area contributed by atoms with E-state index in [-0.39, 0.29) is 11.7 Å². The van der Waals surface area contributed by atoms with Crippen molar-refractivity contribution in [3.8, 4) is 11.5 Å². The van der Waals surface area contributed by atoms with E-state index in [2.05, 4.69) is 16.0 Å². The van der Waals surface area contributed by atoms with Crippen molar-refractivity contribution in [2.45, 2.75) is 25.8 Å². The van der Waals surface area contributed by atoms with Gasteiger partial charge in [0, 0.05) is 24.5 Å². The Labute approximate surface area is 186 Å². The number of piperidine rings is 1. The minimum Gasteiger partial charge on any atom is -0.455 e. The van der Waals surface area contributed by atoms with Crippen molar-refractivity contribution in [2.75, 3.05) is 20.1 Å². The van der Waals surface area contributed by atoms with Gasteiger partial charge in [-0.3, -0.25) is 20.0 Å². The van der Waals surface area contributed by atoms with Crippen LogP contribution in [0.2, 0.25) is 5.02 Å². The van der Waals surface area contributed by atoms with Gasteiger partial charge in [0.05, 0.1) is 10.5 Å². The Morgan fingerprint density at radius 2 is 1.94 bits per heavy atom. The molecule has 0 saturated carbocycles. The van der Waals surface area contributed by atoms with Gasteiger partial charge in [0.15, 0.2) is 11.7 Å². The van der Waals surface area contributed by atoms with Crippen molar-refractivity contribution in [1.82, 2.24) is 14.8 Å². The van der Waals surface area contributed by atoms with Gasteiger partial charge in [0.25, 0.3) is 5.91 Å². The highest BCUT2D eigenvalue weighted by Crippen LogP contribution is 2.36. The molecule has 31 heavy (non-hydrogen) atoms. The van der Waals surface area contributed by atoms with Gasteiger partial charge < -0.3 is 15.5 Å². The number of likely N-dealkylation sites (tertiary alicyclic amines) is 1. The zero-order valence-corrected chi connectivity index (χ0v) is 18.2. The van der Waals surface area contributed by atoms with Crippen LogP contribution >= 0.6 is 11.6 Å². The van der Waals surface area contributed by atoms with Crippen molar-refractivity contribution >= 4 is 34.4 Å². The number of nitrogens with zero attached hydrogens (tertiary/aromatic N) is 2. The molecule has 1 aliphatic heterocycles. The number of nitrogens with one attached hydrogen (secondary N) is 2. The van der Waals surface area contributed by atoms with E-state index in [4.69, 9.17) is 27.5 Å². The average molecular weight is 440 g/mol. The minimum atomic E-state index is -0.420. The van der Waals surface area contributed by atoms with Gasteiger partial charge in [-0.25, -0.2) is 0 Å². The Kier molecular flexibility index (Phi) is 6.15. The number of H-pyrrole nitrogens is 1. The number of benzene rings is 2. The maximum absolute atomic E-state index is 12.6. The fraction of sp³-hybridized carbons (Fsp3) is 0.304. The van der Waals surface area contributed by atoms with Crippen LogP contribution in [0.3, 0.4) is 0 Å². The summed E-state index contributed by atoms with van der Waals surface area (Å²) in [4.78, 5) is 19.2. The highest BCUT2D eigenvalue weighted by molar-refractivity contribution is 6.36. The van der Waals surface area contributed by atoms with E-state index in [1.54, 1.807) is 18.2 Å².